The molecule has 0 aliphatic heterocycles. The van der Waals surface area contributed by atoms with E-state index in [0.717, 1.165) is 10.9 Å². The largest absolute Gasteiger partial charge is 0.390 e. The van der Waals surface area contributed by atoms with Gasteiger partial charge in [0.1, 0.15) is 10.7 Å². The highest BCUT2D eigenvalue weighted by molar-refractivity contribution is 9.10. The molecule has 0 aliphatic carbocycles. The van der Waals surface area contributed by atoms with Crippen LogP contribution in [0.5, 0.6) is 0 Å². The maximum Gasteiger partial charge on any atom is 0.264 e. The molecule has 0 saturated heterocycles. The van der Waals surface area contributed by atoms with Crippen molar-refractivity contribution in [1.29, 1.82) is 0 Å². The van der Waals surface area contributed by atoms with Gasteiger partial charge in [-0.25, -0.2) is 13.4 Å². The number of anilines is 1. The van der Waals surface area contributed by atoms with E-state index in [1.165, 1.54) is 18.5 Å². The minimum atomic E-state index is -3.72. The maximum atomic E-state index is 12.3. The van der Waals surface area contributed by atoms with Crippen LogP contribution >= 0.6 is 15.9 Å². The first-order chi connectivity index (χ1) is 9.96. The number of halogens is 1. The average Bonchev–Trinajstić information content (AvgIpc) is 2.86. The monoisotopic (exact) mass is 373 g/mol. The molecule has 0 unspecified atom stereocenters. The van der Waals surface area contributed by atoms with Crippen molar-refractivity contribution in [3.05, 3.63) is 40.8 Å². The number of nitrogens with one attached hydrogen (secondary N) is 1. The fourth-order valence-electron chi connectivity index (χ4n) is 1.89. The van der Waals surface area contributed by atoms with Crippen LogP contribution < -0.4 is 4.72 Å². The molecule has 2 rings (SSSR count). The first-order valence-electron chi connectivity index (χ1n) is 6.40. The molecule has 114 valence electrons. The molecule has 0 bridgehead atoms. The molecule has 2 aromatic rings. The van der Waals surface area contributed by atoms with Gasteiger partial charge in [-0.05, 0) is 40.5 Å². The molecule has 21 heavy (non-hydrogen) atoms. The quantitative estimate of drug-likeness (QED) is 0.813. The molecule has 0 radical (unpaired) electrons. The molecule has 0 aliphatic rings. The van der Waals surface area contributed by atoms with Crippen LogP contribution in [0.1, 0.15) is 19.0 Å². The number of rotatable bonds is 6. The van der Waals surface area contributed by atoms with Crippen LogP contribution in [-0.4, -0.2) is 23.1 Å². The zero-order valence-corrected chi connectivity index (χ0v) is 13.9. The lowest BCUT2D eigenvalue weighted by atomic mass is 10.4. The molecular weight excluding hydrogens is 358 g/mol. The van der Waals surface area contributed by atoms with Crippen LogP contribution in [0.25, 0.3) is 0 Å². The van der Waals surface area contributed by atoms with E-state index in [-0.39, 0.29) is 17.3 Å². The zero-order valence-electron chi connectivity index (χ0n) is 11.5. The SMILES string of the molecule is CCCn1cc(S(=O)(=O)Nc2ccc(Br)cn2)cc1CO. The number of pyridine rings is 1. The summed E-state index contributed by atoms with van der Waals surface area (Å²) >= 11 is 3.24. The Hall–Kier alpha value is -1.38. The highest BCUT2D eigenvalue weighted by Crippen LogP contribution is 2.19. The summed E-state index contributed by atoms with van der Waals surface area (Å²) in [7, 11) is -3.72. The smallest absolute Gasteiger partial charge is 0.264 e. The minimum absolute atomic E-state index is 0.115. The molecule has 0 spiro atoms. The third-order valence-corrected chi connectivity index (χ3v) is 4.65. The van der Waals surface area contributed by atoms with Crippen LogP contribution in [0, 0.1) is 0 Å². The number of hydrogen-bond acceptors (Lipinski definition) is 4. The van der Waals surface area contributed by atoms with Crippen LogP contribution in [0.2, 0.25) is 0 Å². The van der Waals surface area contributed by atoms with Gasteiger partial charge in [0.15, 0.2) is 0 Å². The van der Waals surface area contributed by atoms with Gasteiger partial charge in [0, 0.05) is 29.1 Å². The van der Waals surface area contributed by atoms with Gasteiger partial charge in [-0.15, -0.1) is 0 Å². The summed E-state index contributed by atoms with van der Waals surface area (Å²) in [4.78, 5) is 4.10. The van der Waals surface area contributed by atoms with Crippen molar-refractivity contribution in [2.45, 2.75) is 31.4 Å². The van der Waals surface area contributed by atoms with Gasteiger partial charge in [0.05, 0.1) is 6.61 Å². The third-order valence-electron chi connectivity index (χ3n) is 2.86. The number of hydrogen-bond donors (Lipinski definition) is 2. The fourth-order valence-corrected chi connectivity index (χ4v) is 3.19. The van der Waals surface area contributed by atoms with Gasteiger partial charge in [-0.3, -0.25) is 4.72 Å². The average molecular weight is 374 g/mol. The van der Waals surface area contributed by atoms with Crippen LogP contribution in [0.15, 0.2) is 40.0 Å². The Bertz CT molecular complexity index is 711. The highest BCUT2D eigenvalue weighted by Gasteiger charge is 2.18. The van der Waals surface area contributed by atoms with E-state index in [9.17, 15) is 13.5 Å². The van der Waals surface area contributed by atoms with Crippen LogP contribution in [-0.2, 0) is 23.2 Å². The second kappa shape index (κ2) is 6.59. The Morgan fingerprint density at radius 2 is 2.19 bits per heavy atom. The van der Waals surface area contributed by atoms with E-state index in [1.807, 2.05) is 6.92 Å². The van der Waals surface area contributed by atoms with Crippen molar-refractivity contribution in [2.75, 3.05) is 4.72 Å². The highest BCUT2D eigenvalue weighted by atomic mass is 79.9. The van der Waals surface area contributed by atoms with Gasteiger partial charge >= 0.3 is 0 Å². The van der Waals surface area contributed by atoms with Crippen molar-refractivity contribution < 1.29 is 13.5 Å². The van der Waals surface area contributed by atoms with Crippen molar-refractivity contribution in [1.82, 2.24) is 9.55 Å². The van der Waals surface area contributed by atoms with E-state index < -0.39 is 10.0 Å². The van der Waals surface area contributed by atoms with Gasteiger partial charge < -0.3 is 9.67 Å². The van der Waals surface area contributed by atoms with Crippen LogP contribution in [0.3, 0.4) is 0 Å². The topological polar surface area (TPSA) is 84.2 Å². The van der Waals surface area contributed by atoms with Crippen LogP contribution in [0.4, 0.5) is 5.82 Å². The first-order valence-corrected chi connectivity index (χ1v) is 8.68. The molecule has 2 aromatic heterocycles. The molecule has 0 amide bonds. The molecule has 6 nitrogen and oxygen atoms in total. The second-order valence-electron chi connectivity index (χ2n) is 4.49. The standard InChI is InChI=1S/C13H16BrN3O3S/c1-2-5-17-8-12(6-11(17)9-18)21(19,20)16-13-4-3-10(14)7-15-13/h3-4,6-8,18H,2,5,9H2,1H3,(H,15,16). The van der Waals surface area contributed by atoms with Gasteiger partial charge in [0.2, 0.25) is 0 Å². The summed E-state index contributed by atoms with van der Waals surface area (Å²) in [6, 6.07) is 4.74. The predicted octanol–water partition coefficient (Wildman–Crippen LogP) is 2.35. The number of sulfonamides is 1. The Morgan fingerprint density at radius 1 is 1.43 bits per heavy atom. The number of nitrogens with zero attached hydrogens (tertiary/aromatic N) is 2. The zero-order chi connectivity index (χ0) is 15.5. The molecule has 0 aromatic carbocycles. The number of aliphatic hydroxyl groups excluding tert-OH is 1. The lowest BCUT2D eigenvalue weighted by Crippen LogP contribution is -2.13. The Kier molecular flexibility index (Phi) is 5.02. The van der Waals surface area contributed by atoms with E-state index in [2.05, 4.69) is 25.6 Å². The molecule has 2 heterocycles. The van der Waals surface area contributed by atoms with Crippen molar-refractivity contribution >= 4 is 31.8 Å². The molecule has 0 atom stereocenters. The first kappa shape index (κ1) is 16.0. The summed E-state index contributed by atoms with van der Waals surface area (Å²) < 4.78 is 29.5. The molecule has 2 N–H and O–H groups in total. The predicted molar refractivity (Wildman–Crippen MR) is 83.4 cm³/mol. The lowest BCUT2D eigenvalue weighted by Gasteiger charge is -2.05. The number of aliphatic hydroxyl groups is 1. The Balaban J connectivity index is 2.28. The lowest BCUT2D eigenvalue weighted by molar-refractivity contribution is 0.270. The van der Waals surface area contributed by atoms with E-state index in [4.69, 9.17) is 0 Å². The van der Waals surface area contributed by atoms with E-state index >= 15 is 0 Å². The third kappa shape index (κ3) is 3.84. The Morgan fingerprint density at radius 3 is 2.76 bits per heavy atom. The summed E-state index contributed by atoms with van der Waals surface area (Å²) in [6.07, 6.45) is 3.89. The van der Waals surface area contributed by atoms with Gasteiger partial charge in [-0.1, -0.05) is 6.92 Å². The molecule has 0 saturated carbocycles. The van der Waals surface area contributed by atoms with E-state index in [0.29, 0.717) is 12.2 Å². The van der Waals surface area contributed by atoms with Crippen molar-refractivity contribution in [3.8, 4) is 0 Å². The van der Waals surface area contributed by atoms with Crippen molar-refractivity contribution in [2.24, 2.45) is 0 Å². The minimum Gasteiger partial charge on any atom is -0.390 e. The van der Waals surface area contributed by atoms with Gasteiger partial charge in [0.25, 0.3) is 10.0 Å². The fraction of sp³-hybridized carbons (Fsp3) is 0.308. The Labute approximate surface area is 132 Å². The van der Waals surface area contributed by atoms with Crippen molar-refractivity contribution in [3.63, 3.8) is 0 Å². The normalized spacial score (nSPS) is 11.6. The molecule has 0 fully saturated rings. The summed E-state index contributed by atoms with van der Waals surface area (Å²) in [6.45, 7) is 2.44. The molecular formula is C13H16BrN3O3S. The summed E-state index contributed by atoms with van der Waals surface area (Å²) in [5, 5.41) is 9.29. The maximum absolute atomic E-state index is 12.3. The molecule has 8 heteroatoms. The number of aryl methyl sites for hydroxylation is 1. The second-order valence-corrected chi connectivity index (χ2v) is 7.08. The summed E-state index contributed by atoms with van der Waals surface area (Å²) in [5.74, 6) is 0.243. The van der Waals surface area contributed by atoms with Gasteiger partial charge in [-0.2, -0.15) is 0 Å². The summed E-state index contributed by atoms with van der Waals surface area (Å²) in [5.41, 5.74) is 0.570. The number of aromatic nitrogens is 2. The van der Waals surface area contributed by atoms with E-state index in [1.54, 1.807) is 16.7 Å².